The largest absolute Gasteiger partial charge is 0.481 e. The van der Waals surface area contributed by atoms with Crippen LogP contribution in [0.1, 0.15) is 11.3 Å². The molecular formula is C14H12ClFN2O2. The third-order valence-electron chi connectivity index (χ3n) is 2.85. The molecule has 0 spiro atoms. The van der Waals surface area contributed by atoms with Crippen LogP contribution in [0.4, 0.5) is 4.39 Å². The number of carboxylic acid groups (broad SMARTS) is 1. The minimum Gasteiger partial charge on any atom is -0.481 e. The van der Waals surface area contributed by atoms with Gasteiger partial charge in [0.15, 0.2) is 0 Å². The van der Waals surface area contributed by atoms with E-state index in [0.29, 0.717) is 11.3 Å². The van der Waals surface area contributed by atoms with E-state index in [4.69, 9.17) is 11.6 Å². The zero-order valence-corrected chi connectivity index (χ0v) is 11.2. The molecular weight excluding hydrogens is 283 g/mol. The monoisotopic (exact) mass is 294 g/mol. The van der Waals surface area contributed by atoms with Crippen LogP contribution in [-0.4, -0.2) is 21.0 Å². The molecule has 0 aliphatic carbocycles. The molecule has 6 heteroatoms. The number of halogens is 2. The van der Waals surface area contributed by atoms with Crippen LogP contribution in [0.25, 0.3) is 0 Å². The van der Waals surface area contributed by atoms with Crippen LogP contribution >= 0.6 is 11.6 Å². The first kappa shape index (κ1) is 14.4. The Balaban J connectivity index is 2.11. The third kappa shape index (κ3) is 3.99. The lowest BCUT2D eigenvalue weighted by atomic mass is 9.95. The molecule has 2 aromatic rings. The molecule has 0 aliphatic rings. The predicted molar refractivity (Wildman–Crippen MR) is 72.0 cm³/mol. The molecule has 20 heavy (non-hydrogen) atoms. The second-order valence-electron chi connectivity index (χ2n) is 4.40. The molecule has 0 radical (unpaired) electrons. The highest BCUT2D eigenvalue weighted by molar-refractivity contribution is 6.29. The van der Waals surface area contributed by atoms with Gasteiger partial charge in [-0.25, -0.2) is 9.37 Å². The van der Waals surface area contributed by atoms with Crippen molar-refractivity contribution in [2.75, 3.05) is 0 Å². The number of aromatic nitrogens is 2. The smallest absolute Gasteiger partial charge is 0.307 e. The van der Waals surface area contributed by atoms with E-state index in [1.165, 1.54) is 24.5 Å². The summed E-state index contributed by atoms with van der Waals surface area (Å²) >= 11 is 5.63. The van der Waals surface area contributed by atoms with Gasteiger partial charge in [-0.15, -0.1) is 0 Å². The Labute approximate surface area is 120 Å². The molecule has 1 aromatic carbocycles. The van der Waals surface area contributed by atoms with E-state index in [1.807, 2.05) is 0 Å². The van der Waals surface area contributed by atoms with Crippen molar-refractivity contribution in [3.8, 4) is 0 Å². The molecule has 1 aromatic heterocycles. The lowest BCUT2D eigenvalue weighted by molar-refractivity contribution is -0.141. The van der Waals surface area contributed by atoms with Gasteiger partial charge < -0.3 is 5.11 Å². The van der Waals surface area contributed by atoms with Gasteiger partial charge in [-0.1, -0.05) is 23.7 Å². The van der Waals surface area contributed by atoms with Gasteiger partial charge in [0.2, 0.25) is 0 Å². The number of carboxylic acids is 1. The molecule has 2 rings (SSSR count). The first-order valence-corrected chi connectivity index (χ1v) is 6.36. The maximum absolute atomic E-state index is 13.1. The summed E-state index contributed by atoms with van der Waals surface area (Å²) in [6, 6.07) is 5.92. The van der Waals surface area contributed by atoms with E-state index in [-0.39, 0.29) is 23.8 Å². The number of carbonyl (C=O) groups is 1. The average molecular weight is 295 g/mol. The van der Waals surface area contributed by atoms with Crippen LogP contribution in [0.5, 0.6) is 0 Å². The Morgan fingerprint density at radius 2 is 2.10 bits per heavy atom. The number of hydrogen-bond acceptors (Lipinski definition) is 3. The number of nitrogens with zero attached hydrogens (tertiary/aromatic N) is 2. The van der Waals surface area contributed by atoms with Crippen molar-refractivity contribution in [2.45, 2.75) is 12.8 Å². The number of rotatable bonds is 5. The highest BCUT2D eigenvalue weighted by Crippen LogP contribution is 2.15. The fourth-order valence-electron chi connectivity index (χ4n) is 1.89. The Bertz CT molecular complexity index is 604. The highest BCUT2D eigenvalue weighted by atomic mass is 35.5. The minimum atomic E-state index is -0.953. The van der Waals surface area contributed by atoms with Crippen molar-refractivity contribution in [1.82, 2.24) is 9.97 Å². The van der Waals surface area contributed by atoms with Gasteiger partial charge in [0.05, 0.1) is 24.0 Å². The van der Waals surface area contributed by atoms with Gasteiger partial charge >= 0.3 is 5.97 Å². The van der Waals surface area contributed by atoms with Crippen molar-refractivity contribution >= 4 is 17.6 Å². The van der Waals surface area contributed by atoms with Crippen molar-refractivity contribution in [1.29, 1.82) is 0 Å². The quantitative estimate of drug-likeness (QED) is 0.921. The minimum absolute atomic E-state index is 0.218. The van der Waals surface area contributed by atoms with Crippen LogP contribution in [-0.2, 0) is 17.6 Å². The summed E-state index contributed by atoms with van der Waals surface area (Å²) < 4.78 is 13.1. The summed E-state index contributed by atoms with van der Waals surface area (Å²) in [4.78, 5) is 19.2. The fourth-order valence-corrected chi connectivity index (χ4v) is 1.99. The number of benzene rings is 1. The van der Waals surface area contributed by atoms with Crippen LogP contribution in [0.2, 0.25) is 5.15 Å². The standard InChI is InChI=1S/C14H12ClFN2O2/c15-13-8-17-12(7-18-13)6-10(14(19)20)4-9-2-1-3-11(16)5-9/h1-3,5,7-8,10H,4,6H2,(H,19,20). The van der Waals surface area contributed by atoms with Gasteiger partial charge in [0.1, 0.15) is 11.0 Å². The maximum atomic E-state index is 13.1. The average Bonchev–Trinajstić information content (AvgIpc) is 2.40. The van der Waals surface area contributed by atoms with Crippen LogP contribution in [0.15, 0.2) is 36.7 Å². The first-order chi connectivity index (χ1) is 9.54. The second-order valence-corrected chi connectivity index (χ2v) is 4.79. The summed E-state index contributed by atoms with van der Waals surface area (Å²) in [5.41, 5.74) is 1.18. The van der Waals surface area contributed by atoms with Gasteiger partial charge in [-0.2, -0.15) is 0 Å². The Morgan fingerprint density at radius 3 is 2.70 bits per heavy atom. The van der Waals surface area contributed by atoms with Crippen molar-refractivity contribution in [3.63, 3.8) is 0 Å². The first-order valence-electron chi connectivity index (χ1n) is 5.98. The number of aliphatic carboxylic acids is 1. The molecule has 1 heterocycles. The lowest BCUT2D eigenvalue weighted by Crippen LogP contribution is -2.20. The molecule has 0 aliphatic heterocycles. The Morgan fingerprint density at radius 1 is 1.30 bits per heavy atom. The zero-order valence-electron chi connectivity index (χ0n) is 10.5. The summed E-state index contributed by atoms with van der Waals surface area (Å²) in [6.07, 6.45) is 3.27. The van der Waals surface area contributed by atoms with Gasteiger partial charge in [0, 0.05) is 6.42 Å². The highest BCUT2D eigenvalue weighted by Gasteiger charge is 2.19. The van der Waals surface area contributed by atoms with Gasteiger partial charge in [-0.3, -0.25) is 9.78 Å². The lowest BCUT2D eigenvalue weighted by Gasteiger charge is -2.12. The van der Waals surface area contributed by atoms with Crippen molar-refractivity contribution < 1.29 is 14.3 Å². The molecule has 1 atom stereocenters. The molecule has 0 amide bonds. The van der Waals surface area contributed by atoms with E-state index in [1.54, 1.807) is 12.1 Å². The Kier molecular flexibility index (Phi) is 4.63. The predicted octanol–water partition coefficient (Wildman–Crippen LogP) is 2.76. The van der Waals surface area contributed by atoms with E-state index in [0.717, 1.165) is 0 Å². The van der Waals surface area contributed by atoms with Crippen LogP contribution < -0.4 is 0 Å². The van der Waals surface area contributed by atoms with Crippen molar-refractivity contribution in [2.24, 2.45) is 5.92 Å². The summed E-state index contributed by atoms with van der Waals surface area (Å²) in [6.45, 7) is 0. The molecule has 104 valence electrons. The molecule has 0 saturated heterocycles. The summed E-state index contributed by atoms with van der Waals surface area (Å²) in [5.74, 6) is -2.02. The third-order valence-corrected chi connectivity index (χ3v) is 3.04. The summed E-state index contributed by atoms with van der Waals surface area (Å²) in [7, 11) is 0. The normalized spacial score (nSPS) is 12.1. The van der Waals surface area contributed by atoms with E-state index in [9.17, 15) is 14.3 Å². The molecule has 1 N–H and O–H groups in total. The molecule has 4 nitrogen and oxygen atoms in total. The van der Waals surface area contributed by atoms with Crippen molar-refractivity contribution in [3.05, 3.63) is 58.9 Å². The van der Waals surface area contributed by atoms with Crippen LogP contribution in [0.3, 0.4) is 0 Å². The van der Waals surface area contributed by atoms with Crippen LogP contribution in [0, 0.1) is 11.7 Å². The fraction of sp³-hybridized carbons (Fsp3) is 0.214. The van der Waals surface area contributed by atoms with Gasteiger partial charge in [-0.05, 0) is 24.1 Å². The Hall–Kier alpha value is -2.01. The van der Waals surface area contributed by atoms with E-state index in [2.05, 4.69) is 9.97 Å². The topological polar surface area (TPSA) is 63.1 Å². The molecule has 0 saturated carbocycles. The van der Waals surface area contributed by atoms with E-state index >= 15 is 0 Å². The molecule has 0 fully saturated rings. The second kappa shape index (κ2) is 6.43. The van der Waals surface area contributed by atoms with E-state index < -0.39 is 11.9 Å². The molecule has 1 unspecified atom stereocenters. The molecule has 0 bridgehead atoms. The maximum Gasteiger partial charge on any atom is 0.307 e. The van der Waals surface area contributed by atoms with Gasteiger partial charge in [0.25, 0.3) is 0 Å². The summed E-state index contributed by atoms with van der Waals surface area (Å²) in [5, 5.41) is 9.51. The zero-order chi connectivity index (χ0) is 14.5. The number of hydrogen-bond donors (Lipinski definition) is 1. The SMILES string of the molecule is O=C(O)C(Cc1cccc(F)c1)Cc1cnc(Cl)cn1.